The van der Waals surface area contributed by atoms with Crippen LogP contribution in [0.4, 0.5) is 5.69 Å². The first-order valence-electron chi connectivity index (χ1n) is 6.62. The van der Waals surface area contributed by atoms with Crippen molar-refractivity contribution >= 4 is 17.6 Å². The molecule has 0 aromatic heterocycles. The summed E-state index contributed by atoms with van der Waals surface area (Å²) in [6, 6.07) is 5.09. The van der Waals surface area contributed by atoms with Gasteiger partial charge in [0.2, 0.25) is 5.91 Å². The Morgan fingerprint density at radius 1 is 1.33 bits per heavy atom. The molecule has 0 radical (unpaired) electrons. The molecule has 21 heavy (non-hydrogen) atoms. The number of nitrogens with one attached hydrogen (secondary N) is 1. The van der Waals surface area contributed by atoms with Crippen LogP contribution in [0.5, 0.6) is 11.5 Å². The van der Waals surface area contributed by atoms with Gasteiger partial charge in [-0.15, -0.1) is 0 Å². The maximum absolute atomic E-state index is 12.4. The highest BCUT2D eigenvalue weighted by Gasteiger charge is 2.46. The Morgan fingerprint density at radius 2 is 2.05 bits per heavy atom. The maximum Gasteiger partial charge on any atom is 0.307 e. The molecule has 1 atom stereocenters. The van der Waals surface area contributed by atoms with Gasteiger partial charge in [0.15, 0.2) is 0 Å². The molecule has 1 aromatic rings. The lowest BCUT2D eigenvalue weighted by Gasteiger charge is -2.24. The van der Waals surface area contributed by atoms with Crippen LogP contribution in [0.25, 0.3) is 0 Å². The van der Waals surface area contributed by atoms with Crippen LogP contribution in [-0.2, 0) is 14.3 Å². The molecule has 6 nitrogen and oxygen atoms in total. The van der Waals surface area contributed by atoms with Crippen LogP contribution >= 0.6 is 0 Å². The molecule has 0 saturated carbocycles. The van der Waals surface area contributed by atoms with Gasteiger partial charge in [-0.3, -0.25) is 9.59 Å². The van der Waals surface area contributed by atoms with Crippen molar-refractivity contribution in [2.75, 3.05) is 19.5 Å². The first-order chi connectivity index (χ1) is 9.87. The number of hydrogen-bond donors (Lipinski definition) is 1. The lowest BCUT2D eigenvalue weighted by atomic mass is 9.90. The Labute approximate surface area is 123 Å². The van der Waals surface area contributed by atoms with Gasteiger partial charge >= 0.3 is 5.97 Å². The summed E-state index contributed by atoms with van der Waals surface area (Å²) in [7, 11) is 3.06. The number of methoxy groups -OCH3 is 2. The quantitative estimate of drug-likeness (QED) is 0.859. The number of carbonyl (C=O) groups is 2. The summed E-state index contributed by atoms with van der Waals surface area (Å²) in [6.45, 7) is 3.46. The fraction of sp³-hybridized carbons (Fsp3) is 0.467. The molecule has 1 amide bonds. The number of ether oxygens (including phenoxy) is 3. The van der Waals surface area contributed by atoms with Gasteiger partial charge in [-0.05, 0) is 26.0 Å². The van der Waals surface area contributed by atoms with E-state index in [1.54, 1.807) is 39.2 Å². The van der Waals surface area contributed by atoms with Gasteiger partial charge in [-0.2, -0.15) is 0 Å². The number of anilines is 1. The second-order valence-corrected chi connectivity index (χ2v) is 5.39. The first kappa shape index (κ1) is 15.2. The average molecular weight is 293 g/mol. The van der Waals surface area contributed by atoms with Crippen molar-refractivity contribution in [2.24, 2.45) is 5.92 Å². The molecule has 1 heterocycles. The topological polar surface area (TPSA) is 73.9 Å². The summed E-state index contributed by atoms with van der Waals surface area (Å²) < 4.78 is 15.5. The fourth-order valence-electron chi connectivity index (χ4n) is 2.35. The van der Waals surface area contributed by atoms with Gasteiger partial charge in [0.25, 0.3) is 0 Å². The van der Waals surface area contributed by atoms with E-state index in [4.69, 9.17) is 14.2 Å². The van der Waals surface area contributed by atoms with Crippen LogP contribution in [-0.4, -0.2) is 31.7 Å². The van der Waals surface area contributed by atoms with Crippen molar-refractivity contribution < 1.29 is 23.8 Å². The molecule has 1 N–H and O–H groups in total. The van der Waals surface area contributed by atoms with E-state index >= 15 is 0 Å². The van der Waals surface area contributed by atoms with E-state index in [9.17, 15) is 9.59 Å². The largest absolute Gasteiger partial charge is 0.497 e. The van der Waals surface area contributed by atoms with Gasteiger partial charge in [0, 0.05) is 6.07 Å². The zero-order valence-electron chi connectivity index (χ0n) is 12.6. The smallest absolute Gasteiger partial charge is 0.307 e. The predicted molar refractivity (Wildman–Crippen MR) is 76.5 cm³/mol. The van der Waals surface area contributed by atoms with Crippen LogP contribution in [0, 0.1) is 5.92 Å². The second-order valence-electron chi connectivity index (χ2n) is 5.39. The molecule has 1 aromatic carbocycles. The van der Waals surface area contributed by atoms with E-state index in [2.05, 4.69) is 5.32 Å². The van der Waals surface area contributed by atoms with Crippen molar-refractivity contribution in [3.05, 3.63) is 18.2 Å². The molecule has 1 fully saturated rings. The minimum atomic E-state index is -0.805. The fourth-order valence-corrected chi connectivity index (χ4v) is 2.35. The third-order valence-electron chi connectivity index (χ3n) is 3.57. The van der Waals surface area contributed by atoms with Gasteiger partial charge in [0.1, 0.15) is 17.1 Å². The van der Waals surface area contributed by atoms with Crippen LogP contribution in [0.1, 0.15) is 20.3 Å². The maximum atomic E-state index is 12.4. The number of cyclic esters (lactones) is 1. The highest BCUT2D eigenvalue weighted by molar-refractivity contribution is 5.97. The Morgan fingerprint density at radius 3 is 2.57 bits per heavy atom. The van der Waals surface area contributed by atoms with Crippen LogP contribution in [0.2, 0.25) is 0 Å². The van der Waals surface area contributed by atoms with Crippen LogP contribution in [0.15, 0.2) is 18.2 Å². The number of benzene rings is 1. The lowest BCUT2D eigenvalue weighted by molar-refractivity contribution is -0.147. The number of amides is 1. The molecular weight excluding hydrogens is 274 g/mol. The summed E-state index contributed by atoms with van der Waals surface area (Å²) in [5, 5.41) is 2.78. The minimum absolute atomic E-state index is 0.0807. The number of rotatable bonds is 4. The highest BCUT2D eigenvalue weighted by atomic mass is 16.6. The average Bonchev–Trinajstić information content (AvgIpc) is 2.72. The van der Waals surface area contributed by atoms with Gasteiger partial charge in [-0.25, -0.2) is 0 Å². The molecular formula is C15H19NO5. The summed E-state index contributed by atoms with van der Waals surface area (Å²) in [6.07, 6.45) is 0.0807. The SMILES string of the molecule is COc1ccc(NC(=O)C2CC(=O)OC2(C)C)c(OC)c1. The Balaban J connectivity index is 2.18. The third-order valence-corrected chi connectivity index (χ3v) is 3.57. The normalized spacial score (nSPS) is 19.8. The van der Waals surface area contributed by atoms with Crippen molar-refractivity contribution in [3.8, 4) is 11.5 Å². The molecule has 1 unspecified atom stereocenters. The number of esters is 1. The zero-order valence-corrected chi connectivity index (χ0v) is 12.6. The van der Waals surface area contributed by atoms with E-state index in [0.717, 1.165) is 0 Å². The third kappa shape index (κ3) is 3.09. The molecule has 0 spiro atoms. The zero-order chi connectivity index (χ0) is 15.6. The number of hydrogen-bond acceptors (Lipinski definition) is 5. The Bertz CT molecular complexity index is 567. The summed E-state index contributed by atoms with van der Waals surface area (Å²) in [5.41, 5.74) is -0.278. The minimum Gasteiger partial charge on any atom is -0.497 e. The monoisotopic (exact) mass is 293 g/mol. The van der Waals surface area contributed by atoms with E-state index in [0.29, 0.717) is 17.2 Å². The summed E-state index contributed by atoms with van der Waals surface area (Å²) in [5.74, 6) is -0.0386. The second kappa shape index (κ2) is 5.63. The molecule has 1 aliphatic heterocycles. The van der Waals surface area contributed by atoms with Crippen LogP contribution < -0.4 is 14.8 Å². The first-order valence-corrected chi connectivity index (χ1v) is 6.62. The van der Waals surface area contributed by atoms with Gasteiger partial charge in [0.05, 0.1) is 32.2 Å². The summed E-state index contributed by atoms with van der Waals surface area (Å²) in [4.78, 5) is 23.8. The lowest BCUT2D eigenvalue weighted by Crippen LogP contribution is -2.36. The molecule has 2 rings (SSSR count). The standard InChI is InChI=1S/C15H19NO5/c1-15(2)10(8-13(17)21-15)14(18)16-11-6-5-9(19-3)7-12(11)20-4/h5-7,10H,8H2,1-4H3,(H,16,18). The van der Waals surface area contributed by atoms with Crippen LogP contribution in [0.3, 0.4) is 0 Å². The van der Waals surface area contributed by atoms with Gasteiger partial charge in [-0.1, -0.05) is 0 Å². The van der Waals surface area contributed by atoms with E-state index < -0.39 is 11.5 Å². The highest BCUT2D eigenvalue weighted by Crippen LogP contribution is 2.35. The van der Waals surface area contributed by atoms with Crippen molar-refractivity contribution in [2.45, 2.75) is 25.9 Å². The molecule has 1 aliphatic rings. The van der Waals surface area contributed by atoms with Gasteiger partial charge < -0.3 is 19.5 Å². The Hall–Kier alpha value is -2.24. The molecule has 1 saturated heterocycles. The predicted octanol–water partition coefficient (Wildman–Crippen LogP) is 1.98. The van der Waals surface area contributed by atoms with Crippen molar-refractivity contribution in [3.63, 3.8) is 0 Å². The number of carbonyl (C=O) groups excluding carboxylic acids is 2. The van der Waals surface area contributed by atoms with Crippen molar-refractivity contribution in [1.82, 2.24) is 0 Å². The summed E-state index contributed by atoms with van der Waals surface area (Å²) >= 11 is 0. The van der Waals surface area contributed by atoms with E-state index in [-0.39, 0.29) is 18.3 Å². The van der Waals surface area contributed by atoms with E-state index in [1.807, 2.05) is 0 Å². The Kier molecular flexibility index (Phi) is 4.06. The molecule has 0 bridgehead atoms. The molecule has 114 valence electrons. The van der Waals surface area contributed by atoms with Crippen molar-refractivity contribution in [1.29, 1.82) is 0 Å². The van der Waals surface area contributed by atoms with E-state index in [1.165, 1.54) is 7.11 Å². The molecule has 6 heteroatoms. The molecule has 0 aliphatic carbocycles.